The lowest BCUT2D eigenvalue weighted by Crippen LogP contribution is -2.55. The van der Waals surface area contributed by atoms with Gasteiger partial charge in [-0.1, -0.05) is 77.1 Å². The molecule has 0 saturated carbocycles. The topological polar surface area (TPSA) is 86.8 Å². The predicted octanol–water partition coefficient (Wildman–Crippen LogP) is 7.53. The second kappa shape index (κ2) is 13.9. The molecule has 0 radical (unpaired) electrons. The van der Waals surface area contributed by atoms with Crippen molar-refractivity contribution in [1.82, 2.24) is 10.2 Å². The molecule has 0 heterocycles. The van der Waals surface area contributed by atoms with Crippen LogP contribution in [0.25, 0.3) is 0 Å². The summed E-state index contributed by atoms with van der Waals surface area (Å²) in [5.41, 5.74) is 0.972. The zero-order valence-electron chi connectivity index (χ0n) is 23.9. The summed E-state index contributed by atoms with van der Waals surface area (Å²) < 4.78 is 28.9. The van der Waals surface area contributed by atoms with Gasteiger partial charge < -0.3 is 10.2 Å². The van der Waals surface area contributed by atoms with Crippen LogP contribution < -0.4 is 9.62 Å². The van der Waals surface area contributed by atoms with Gasteiger partial charge in [0.2, 0.25) is 11.8 Å². The molecule has 0 spiro atoms. The van der Waals surface area contributed by atoms with Crippen molar-refractivity contribution in [3.63, 3.8) is 0 Å². The van der Waals surface area contributed by atoms with Crippen LogP contribution >= 0.6 is 46.4 Å². The van der Waals surface area contributed by atoms with Crippen LogP contribution in [0.2, 0.25) is 20.1 Å². The Morgan fingerprint density at radius 3 is 2.07 bits per heavy atom. The number of aryl methyl sites for hydroxylation is 1. The summed E-state index contributed by atoms with van der Waals surface area (Å²) in [4.78, 5) is 28.9. The highest BCUT2D eigenvalue weighted by Crippen LogP contribution is 2.31. The molecule has 1 N–H and O–H groups in total. The Kier molecular flexibility index (Phi) is 11.2. The van der Waals surface area contributed by atoms with Gasteiger partial charge in [-0.2, -0.15) is 0 Å². The van der Waals surface area contributed by atoms with E-state index in [1.165, 1.54) is 35.2 Å². The van der Waals surface area contributed by atoms with Crippen molar-refractivity contribution in [2.24, 2.45) is 0 Å². The van der Waals surface area contributed by atoms with E-state index in [0.29, 0.717) is 15.6 Å². The lowest BCUT2D eigenvalue weighted by atomic mass is 10.1. The van der Waals surface area contributed by atoms with E-state index in [4.69, 9.17) is 46.4 Å². The lowest BCUT2D eigenvalue weighted by molar-refractivity contribution is -0.141. The number of halogens is 4. The molecule has 0 aliphatic heterocycles. The molecule has 12 heteroatoms. The van der Waals surface area contributed by atoms with Crippen molar-refractivity contribution in [2.45, 2.75) is 64.1 Å². The first-order valence-electron chi connectivity index (χ1n) is 13.1. The minimum absolute atomic E-state index is 0.0169. The Hall–Kier alpha value is -2.49. The maximum Gasteiger partial charge on any atom is 0.264 e. The molecular weight excluding hydrogens is 640 g/mol. The Morgan fingerprint density at radius 2 is 1.52 bits per heavy atom. The van der Waals surface area contributed by atoms with Crippen LogP contribution in [0.5, 0.6) is 0 Å². The number of rotatable bonds is 10. The van der Waals surface area contributed by atoms with Gasteiger partial charge in [-0.05, 0) is 82.1 Å². The maximum atomic E-state index is 14.2. The average Bonchev–Trinajstić information content (AvgIpc) is 2.89. The minimum Gasteiger partial charge on any atom is -0.350 e. The third-order valence-electron chi connectivity index (χ3n) is 6.32. The van der Waals surface area contributed by atoms with Crippen LogP contribution in [0.3, 0.4) is 0 Å². The number of hydrogen-bond donors (Lipinski definition) is 1. The second-order valence-corrected chi connectivity index (χ2v) is 14.4. The van der Waals surface area contributed by atoms with Crippen molar-refractivity contribution in [3.05, 3.63) is 91.9 Å². The minimum atomic E-state index is -4.26. The molecule has 3 rings (SSSR count). The number of carbonyl (C=O) groups excluding carboxylic acids is 2. The van der Waals surface area contributed by atoms with Crippen molar-refractivity contribution < 1.29 is 18.0 Å². The monoisotopic (exact) mass is 671 g/mol. The van der Waals surface area contributed by atoms with E-state index in [0.717, 1.165) is 9.87 Å². The van der Waals surface area contributed by atoms with Gasteiger partial charge in [0, 0.05) is 22.1 Å². The molecule has 1 unspecified atom stereocenters. The normalized spacial score (nSPS) is 12.5. The molecule has 3 aromatic carbocycles. The van der Waals surface area contributed by atoms with Crippen LogP contribution in [-0.4, -0.2) is 43.3 Å². The molecule has 0 bridgehead atoms. The zero-order chi connectivity index (χ0) is 31.4. The number of nitrogens with zero attached hydrogens (tertiary/aromatic N) is 2. The first kappa shape index (κ1) is 34.0. The summed E-state index contributed by atoms with van der Waals surface area (Å²) in [7, 11) is -4.26. The van der Waals surface area contributed by atoms with Crippen LogP contribution in [0.4, 0.5) is 5.69 Å². The van der Waals surface area contributed by atoms with E-state index in [9.17, 15) is 18.0 Å². The molecule has 0 saturated heterocycles. The number of benzene rings is 3. The van der Waals surface area contributed by atoms with E-state index in [-0.39, 0.29) is 39.5 Å². The molecule has 42 heavy (non-hydrogen) atoms. The molecule has 7 nitrogen and oxygen atoms in total. The molecule has 0 aliphatic rings. The lowest BCUT2D eigenvalue weighted by Gasteiger charge is -2.35. The van der Waals surface area contributed by atoms with Gasteiger partial charge in [0.05, 0.1) is 20.6 Å². The molecule has 0 aromatic heterocycles. The van der Waals surface area contributed by atoms with E-state index in [2.05, 4.69) is 5.32 Å². The second-order valence-electron chi connectivity index (χ2n) is 10.8. The molecule has 226 valence electrons. The fraction of sp³-hybridized carbons (Fsp3) is 0.333. The van der Waals surface area contributed by atoms with Gasteiger partial charge in [-0.15, -0.1) is 0 Å². The van der Waals surface area contributed by atoms with Gasteiger partial charge in [0.15, 0.2) is 0 Å². The molecule has 2 amide bonds. The summed E-state index contributed by atoms with van der Waals surface area (Å²) in [6, 6.07) is 14.5. The van der Waals surface area contributed by atoms with Crippen LogP contribution in [0, 0.1) is 6.92 Å². The van der Waals surface area contributed by atoms with Gasteiger partial charge in [-0.25, -0.2) is 8.42 Å². The Labute approximate surface area is 267 Å². The Balaban J connectivity index is 2.12. The summed E-state index contributed by atoms with van der Waals surface area (Å²) in [5.74, 6) is -1.01. The van der Waals surface area contributed by atoms with E-state index in [1.807, 2.05) is 27.7 Å². The van der Waals surface area contributed by atoms with Crippen molar-refractivity contribution in [1.29, 1.82) is 0 Å². The van der Waals surface area contributed by atoms with Crippen molar-refractivity contribution >= 4 is 73.9 Å². The van der Waals surface area contributed by atoms with Crippen molar-refractivity contribution in [3.8, 4) is 0 Å². The first-order valence-corrected chi connectivity index (χ1v) is 16.1. The molecule has 1 atom stereocenters. The Bertz CT molecular complexity index is 1560. The number of nitrogens with one attached hydrogen (secondary N) is 1. The third-order valence-corrected chi connectivity index (χ3v) is 9.43. The van der Waals surface area contributed by atoms with E-state index in [1.54, 1.807) is 37.3 Å². The SMILES string of the molecule is CCC(C(=O)NC(C)(C)C)N(Cc1ccc(Cl)cc1Cl)C(=O)CN(c1ccc(Cl)c(Cl)c1)S(=O)(=O)c1ccc(C)cc1. The highest BCUT2D eigenvalue weighted by molar-refractivity contribution is 7.92. The third kappa shape index (κ3) is 8.54. The maximum absolute atomic E-state index is 14.2. The van der Waals surface area contributed by atoms with Crippen LogP contribution in [-0.2, 0) is 26.2 Å². The molecular formula is C30H33Cl4N3O4S. The van der Waals surface area contributed by atoms with E-state index >= 15 is 0 Å². The average molecular weight is 673 g/mol. The summed E-state index contributed by atoms with van der Waals surface area (Å²) in [6.45, 7) is 8.42. The quantitative estimate of drug-likeness (QED) is 0.241. The van der Waals surface area contributed by atoms with Gasteiger partial charge >= 0.3 is 0 Å². The first-order chi connectivity index (χ1) is 19.5. The van der Waals surface area contributed by atoms with Crippen LogP contribution in [0.15, 0.2) is 65.6 Å². The van der Waals surface area contributed by atoms with Crippen LogP contribution in [0.1, 0.15) is 45.2 Å². The number of amides is 2. The van der Waals surface area contributed by atoms with E-state index < -0.39 is 34.1 Å². The smallest absolute Gasteiger partial charge is 0.264 e. The number of sulfonamides is 1. The molecule has 0 aliphatic carbocycles. The largest absolute Gasteiger partial charge is 0.350 e. The highest BCUT2D eigenvalue weighted by Gasteiger charge is 2.35. The fourth-order valence-electron chi connectivity index (χ4n) is 4.21. The standard InChI is InChI=1S/C30H33Cl4N3O4S/c1-6-27(29(39)35-30(3,4)5)36(17-20-9-10-21(31)15-25(20)33)28(38)18-37(22-11-14-24(32)26(34)16-22)42(40,41)23-12-7-19(2)8-13-23/h7-16,27H,6,17-18H2,1-5H3,(H,35,39). The van der Waals surface area contributed by atoms with Gasteiger partial charge in [0.1, 0.15) is 12.6 Å². The van der Waals surface area contributed by atoms with Gasteiger partial charge in [0.25, 0.3) is 10.0 Å². The summed E-state index contributed by atoms with van der Waals surface area (Å²) in [5, 5.41) is 3.98. The summed E-state index contributed by atoms with van der Waals surface area (Å²) in [6.07, 6.45) is 0.260. The van der Waals surface area contributed by atoms with Crippen molar-refractivity contribution in [2.75, 3.05) is 10.8 Å². The number of hydrogen-bond acceptors (Lipinski definition) is 4. The summed E-state index contributed by atoms with van der Waals surface area (Å²) >= 11 is 24.9. The molecule has 0 fully saturated rings. The Morgan fingerprint density at radius 1 is 0.881 bits per heavy atom. The fourth-order valence-corrected chi connectivity index (χ4v) is 6.38. The van der Waals surface area contributed by atoms with Gasteiger partial charge in [-0.3, -0.25) is 13.9 Å². The number of carbonyl (C=O) groups is 2. The highest BCUT2D eigenvalue weighted by atomic mass is 35.5. The molecule has 3 aromatic rings. The predicted molar refractivity (Wildman–Crippen MR) is 171 cm³/mol. The zero-order valence-corrected chi connectivity index (χ0v) is 27.8. The number of anilines is 1.